The number of amides is 1. The standard InChI is InChI=1S/C24H24N4O3/c1-30-14-13-26-24(29)21-7-4-5-18(27-21)12-10-16-9-11-17(25)15-20(16)23-19-6-2-3-8-22(19)31-28-23/h2-9,11,15H,10,12-14,25H2,1H3,(H,26,29). The zero-order chi connectivity index (χ0) is 21.6. The molecule has 0 saturated carbocycles. The summed E-state index contributed by atoms with van der Waals surface area (Å²) in [5.41, 5.74) is 11.5. The first kappa shape index (κ1) is 20.6. The summed E-state index contributed by atoms with van der Waals surface area (Å²) in [5, 5.41) is 8.03. The van der Waals surface area contributed by atoms with E-state index in [1.54, 1.807) is 13.2 Å². The average molecular weight is 416 g/mol. The van der Waals surface area contributed by atoms with E-state index in [1.807, 2.05) is 54.6 Å². The minimum atomic E-state index is -0.207. The Morgan fingerprint density at radius 2 is 1.97 bits per heavy atom. The van der Waals surface area contributed by atoms with Crippen LogP contribution in [0.2, 0.25) is 0 Å². The molecule has 0 saturated heterocycles. The maximum absolute atomic E-state index is 12.3. The predicted molar refractivity (Wildman–Crippen MR) is 120 cm³/mol. The fourth-order valence-electron chi connectivity index (χ4n) is 3.48. The van der Waals surface area contributed by atoms with E-state index in [2.05, 4.69) is 15.5 Å². The van der Waals surface area contributed by atoms with Gasteiger partial charge in [-0.25, -0.2) is 4.98 Å². The Labute approximate surface area is 180 Å². The van der Waals surface area contributed by atoms with Gasteiger partial charge in [0.2, 0.25) is 0 Å². The second-order valence-corrected chi connectivity index (χ2v) is 7.21. The van der Waals surface area contributed by atoms with Crippen LogP contribution in [0.5, 0.6) is 0 Å². The van der Waals surface area contributed by atoms with E-state index in [4.69, 9.17) is 15.0 Å². The number of fused-ring (bicyclic) bond motifs is 1. The number of benzene rings is 2. The van der Waals surface area contributed by atoms with Gasteiger partial charge in [0.25, 0.3) is 5.91 Å². The van der Waals surface area contributed by atoms with Gasteiger partial charge in [-0.3, -0.25) is 4.79 Å². The minimum Gasteiger partial charge on any atom is -0.399 e. The largest absolute Gasteiger partial charge is 0.399 e. The molecule has 0 aliphatic heterocycles. The third-order valence-electron chi connectivity index (χ3n) is 5.05. The van der Waals surface area contributed by atoms with Crippen LogP contribution >= 0.6 is 0 Å². The number of anilines is 1. The van der Waals surface area contributed by atoms with Gasteiger partial charge in [0.1, 0.15) is 11.4 Å². The molecule has 0 spiro atoms. The van der Waals surface area contributed by atoms with E-state index in [0.29, 0.717) is 31.0 Å². The molecule has 0 fully saturated rings. The molecule has 31 heavy (non-hydrogen) atoms. The topological polar surface area (TPSA) is 103 Å². The average Bonchev–Trinajstić information content (AvgIpc) is 3.22. The van der Waals surface area contributed by atoms with Crippen LogP contribution in [0.15, 0.2) is 65.2 Å². The number of nitrogen functional groups attached to an aromatic ring is 1. The van der Waals surface area contributed by atoms with Crippen molar-refractivity contribution in [3.05, 3.63) is 77.6 Å². The van der Waals surface area contributed by atoms with E-state index in [1.165, 1.54) is 0 Å². The fraction of sp³-hybridized carbons (Fsp3) is 0.208. The van der Waals surface area contributed by atoms with Crippen molar-refractivity contribution < 1.29 is 14.1 Å². The molecule has 2 heterocycles. The molecule has 0 bridgehead atoms. The highest BCUT2D eigenvalue weighted by Gasteiger charge is 2.15. The lowest BCUT2D eigenvalue weighted by atomic mass is 9.97. The molecule has 4 rings (SSSR count). The molecule has 2 aromatic carbocycles. The van der Waals surface area contributed by atoms with Crippen molar-refractivity contribution in [2.45, 2.75) is 12.8 Å². The first-order valence-corrected chi connectivity index (χ1v) is 10.1. The van der Waals surface area contributed by atoms with Crippen LogP contribution in [0, 0.1) is 0 Å². The van der Waals surface area contributed by atoms with E-state index in [9.17, 15) is 4.79 Å². The second-order valence-electron chi connectivity index (χ2n) is 7.21. The highest BCUT2D eigenvalue weighted by atomic mass is 16.5. The van der Waals surface area contributed by atoms with Crippen molar-refractivity contribution in [1.82, 2.24) is 15.5 Å². The van der Waals surface area contributed by atoms with Crippen LogP contribution in [0.25, 0.3) is 22.2 Å². The molecule has 7 nitrogen and oxygen atoms in total. The first-order chi connectivity index (χ1) is 15.2. The Morgan fingerprint density at radius 1 is 1.10 bits per heavy atom. The Morgan fingerprint density at radius 3 is 2.84 bits per heavy atom. The van der Waals surface area contributed by atoms with Gasteiger partial charge in [0, 0.05) is 36.0 Å². The van der Waals surface area contributed by atoms with Crippen molar-refractivity contribution in [1.29, 1.82) is 0 Å². The van der Waals surface area contributed by atoms with Gasteiger partial charge in [0.05, 0.1) is 6.61 Å². The van der Waals surface area contributed by atoms with Gasteiger partial charge in [-0.1, -0.05) is 29.4 Å². The number of aryl methyl sites for hydroxylation is 2. The lowest BCUT2D eigenvalue weighted by molar-refractivity contribution is 0.0932. The summed E-state index contributed by atoms with van der Waals surface area (Å²) in [4.78, 5) is 16.8. The Hall–Kier alpha value is -3.71. The number of nitrogens with two attached hydrogens (primary N) is 1. The quantitative estimate of drug-likeness (QED) is 0.336. The zero-order valence-corrected chi connectivity index (χ0v) is 17.3. The smallest absolute Gasteiger partial charge is 0.269 e. The molecule has 2 aromatic heterocycles. The molecular weight excluding hydrogens is 392 g/mol. The number of aromatic nitrogens is 2. The number of ether oxygens (including phenoxy) is 1. The van der Waals surface area contributed by atoms with Crippen molar-refractivity contribution in [2.75, 3.05) is 26.0 Å². The summed E-state index contributed by atoms with van der Waals surface area (Å²) in [5.74, 6) is -0.207. The normalized spacial score (nSPS) is 11.0. The van der Waals surface area contributed by atoms with E-state index in [0.717, 1.165) is 39.9 Å². The molecule has 0 unspecified atom stereocenters. The number of para-hydroxylation sites is 1. The SMILES string of the molecule is COCCNC(=O)c1cccc(CCc2ccc(N)cc2-c2noc3ccccc23)n1. The van der Waals surface area contributed by atoms with E-state index in [-0.39, 0.29) is 5.91 Å². The van der Waals surface area contributed by atoms with Crippen LogP contribution in [-0.4, -0.2) is 36.3 Å². The lowest BCUT2D eigenvalue weighted by Crippen LogP contribution is -2.27. The number of rotatable bonds is 8. The number of methoxy groups -OCH3 is 1. The van der Waals surface area contributed by atoms with Crippen LogP contribution in [0.1, 0.15) is 21.7 Å². The molecule has 4 aromatic rings. The van der Waals surface area contributed by atoms with Crippen LogP contribution < -0.4 is 11.1 Å². The molecule has 0 aliphatic rings. The van der Waals surface area contributed by atoms with Gasteiger partial charge in [0.15, 0.2) is 5.58 Å². The zero-order valence-electron chi connectivity index (χ0n) is 17.3. The maximum Gasteiger partial charge on any atom is 0.269 e. The summed E-state index contributed by atoms with van der Waals surface area (Å²) in [7, 11) is 1.60. The fourth-order valence-corrected chi connectivity index (χ4v) is 3.48. The summed E-state index contributed by atoms with van der Waals surface area (Å²) < 4.78 is 10.4. The molecule has 0 radical (unpaired) electrons. The van der Waals surface area contributed by atoms with E-state index < -0.39 is 0 Å². The summed E-state index contributed by atoms with van der Waals surface area (Å²) in [6.45, 7) is 0.907. The third kappa shape index (κ3) is 4.73. The minimum absolute atomic E-state index is 0.207. The first-order valence-electron chi connectivity index (χ1n) is 10.1. The molecule has 7 heteroatoms. The summed E-state index contributed by atoms with van der Waals surface area (Å²) >= 11 is 0. The molecular formula is C24H24N4O3. The molecule has 0 aliphatic carbocycles. The molecule has 3 N–H and O–H groups in total. The van der Waals surface area contributed by atoms with Gasteiger partial charge >= 0.3 is 0 Å². The predicted octanol–water partition coefficient (Wildman–Crippen LogP) is 3.63. The monoisotopic (exact) mass is 416 g/mol. The van der Waals surface area contributed by atoms with Crippen molar-refractivity contribution in [3.63, 3.8) is 0 Å². The van der Waals surface area contributed by atoms with E-state index >= 15 is 0 Å². The second kappa shape index (κ2) is 9.40. The lowest BCUT2D eigenvalue weighted by Gasteiger charge is -2.10. The molecule has 158 valence electrons. The number of carbonyl (C=O) groups excluding carboxylic acids is 1. The number of hydrogen-bond donors (Lipinski definition) is 2. The highest BCUT2D eigenvalue weighted by Crippen LogP contribution is 2.32. The number of carbonyl (C=O) groups is 1. The summed E-state index contributed by atoms with van der Waals surface area (Å²) in [6.07, 6.45) is 1.39. The Balaban J connectivity index is 1.55. The Bertz CT molecular complexity index is 1200. The van der Waals surface area contributed by atoms with Crippen molar-refractivity contribution >= 4 is 22.6 Å². The van der Waals surface area contributed by atoms with Gasteiger partial charge in [-0.15, -0.1) is 0 Å². The number of nitrogens with one attached hydrogen (secondary N) is 1. The third-order valence-corrected chi connectivity index (χ3v) is 5.05. The number of hydrogen-bond acceptors (Lipinski definition) is 6. The van der Waals surface area contributed by atoms with Crippen LogP contribution in [0.3, 0.4) is 0 Å². The van der Waals surface area contributed by atoms with Crippen molar-refractivity contribution in [3.8, 4) is 11.3 Å². The highest BCUT2D eigenvalue weighted by molar-refractivity contribution is 5.93. The maximum atomic E-state index is 12.3. The van der Waals surface area contributed by atoms with Crippen LogP contribution in [0.4, 0.5) is 5.69 Å². The number of nitrogens with zero attached hydrogens (tertiary/aromatic N) is 2. The van der Waals surface area contributed by atoms with Crippen LogP contribution in [-0.2, 0) is 17.6 Å². The number of pyridine rings is 1. The van der Waals surface area contributed by atoms with Gasteiger partial charge in [-0.05, 0) is 54.8 Å². The molecule has 1 amide bonds. The van der Waals surface area contributed by atoms with Gasteiger partial charge in [-0.2, -0.15) is 0 Å². The summed E-state index contributed by atoms with van der Waals surface area (Å²) in [6, 6.07) is 19.1. The molecule has 0 atom stereocenters. The van der Waals surface area contributed by atoms with Crippen molar-refractivity contribution in [2.24, 2.45) is 0 Å². The van der Waals surface area contributed by atoms with Gasteiger partial charge < -0.3 is 20.3 Å². The Kier molecular flexibility index (Phi) is 6.24.